The monoisotopic (exact) mass is 192 g/mol. The number of rotatable bonds is 2. The van der Waals surface area contributed by atoms with Gasteiger partial charge in [-0.1, -0.05) is 6.92 Å². The Labute approximate surface area is 84.2 Å². The Morgan fingerprint density at radius 1 is 1.50 bits per heavy atom. The summed E-state index contributed by atoms with van der Waals surface area (Å²) in [5.41, 5.74) is 6.83. The highest BCUT2D eigenvalue weighted by Gasteiger charge is 2.24. The summed E-state index contributed by atoms with van der Waals surface area (Å²) in [4.78, 5) is 10.9. The second-order valence-corrected chi connectivity index (χ2v) is 3.78. The van der Waals surface area contributed by atoms with E-state index in [0.717, 1.165) is 36.8 Å². The minimum absolute atomic E-state index is 0.315. The van der Waals surface area contributed by atoms with Crippen LogP contribution in [0.1, 0.15) is 18.4 Å². The summed E-state index contributed by atoms with van der Waals surface area (Å²) in [7, 11) is 0. The molecule has 4 nitrogen and oxygen atoms in total. The molecule has 0 amide bonds. The number of nitrogens with zero attached hydrogens (tertiary/aromatic N) is 3. The number of aryl methyl sites for hydroxylation is 2. The van der Waals surface area contributed by atoms with Crippen molar-refractivity contribution in [1.29, 1.82) is 0 Å². The average molecular weight is 192 g/mol. The van der Waals surface area contributed by atoms with E-state index in [4.69, 9.17) is 5.73 Å². The number of hydrogen-bond acceptors (Lipinski definition) is 4. The van der Waals surface area contributed by atoms with Gasteiger partial charge in [-0.05, 0) is 13.3 Å². The summed E-state index contributed by atoms with van der Waals surface area (Å²) in [6.45, 7) is 5.87. The lowest BCUT2D eigenvalue weighted by molar-refractivity contribution is 0.513. The molecule has 0 atom stereocenters. The third-order valence-corrected chi connectivity index (χ3v) is 2.47. The maximum Gasteiger partial charge on any atom is 0.132 e. The molecule has 0 unspecified atom stereocenters. The zero-order valence-electron chi connectivity index (χ0n) is 8.70. The predicted molar refractivity (Wildman–Crippen MR) is 56.3 cm³/mol. The van der Waals surface area contributed by atoms with Crippen LogP contribution in [0.25, 0.3) is 0 Å². The van der Waals surface area contributed by atoms with Crippen LogP contribution in [-0.4, -0.2) is 29.1 Å². The first-order valence-electron chi connectivity index (χ1n) is 5.04. The molecule has 0 bridgehead atoms. The van der Waals surface area contributed by atoms with Gasteiger partial charge in [-0.15, -0.1) is 0 Å². The minimum Gasteiger partial charge on any atom is -0.353 e. The highest BCUT2D eigenvalue weighted by molar-refractivity contribution is 5.43. The van der Waals surface area contributed by atoms with Crippen molar-refractivity contribution >= 4 is 5.82 Å². The van der Waals surface area contributed by atoms with Gasteiger partial charge >= 0.3 is 0 Å². The zero-order valence-corrected chi connectivity index (χ0v) is 8.70. The van der Waals surface area contributed by atoms with Crippen molar-refractivity contribution in [2.24, 2.45) is 5.73 Å². The smallest absolute Gasteiger partial charge is 0.132 e. The van der Waals surface area contributed by atoms with Gasteiger partial charge in [0.05, 0.1) is 0 Å². The summed E-state index contributed by atoms with van der Waals surface area (Å²) >= 11 is 0. The van der Waals surface area contributed by atoms with Gasteiger partial charge in [0.25, 0.3) is 0 Å². The van der Waals surface area contributed by atoms with Crippen LogP contribution in [0.3, 0.4) is 0 Å². The standard InChI is InChI=1S/C10H16N4/c1-3-9-4-10(13-7(2)12-9)14-5-8(11)6-14/h4,8H,3,5-6,11H2,1-2H3. The molecule has 1 aliphatic rings. The molecule has 0 aromatic carbocycles. The maximum atomic E-state index is 5.73. The summed E-state index contributed by atoms with van der Waals surface area (Å²) in [5, 5.41) is 0. The van der Waals surface area contributed by atoms with Crippen LogP contribution in [0.4, 0.5) is 5.82 Å². The van der Waals surface area contributed by atoms with Gasteiger partial charge in [-0.3, -0.25) is 0 Å². The molecular weight excluding hydrogens is 176 g/mol. The van der Waals surface area contributed by atoms with Crippen LogP contribution in [-0.2, 0) is 6.42 Å². The van der Waals surface area contributed by atoms with Crippen molar-refractivity contribution < 1.29 is 0 Å². The van der Waals surface area contributed by atoms with Gasteiger partial charge in [0.2, 0.25) is 0 Å². The zero-order chi connectivity index (χ0) is 10.1. The van der Waals surface area contributed by atoms with Crippen molar-refractivity contribution in [3.8, 4) is 0 Å². The normalized spacial score (nSPS) is 16.9. The van der Waals surface area contributed by atoms with Crippen molar-refractivity contribution in [3.63, 3.8) is 0 Å². The molecule has 1 fully saturated rings. The number of aromatic nitrogens is 2. The SMILES string of the molecule is CCc1cc(N2CC(N)C2)nc(C)n1. The van der Waals surface area contributed by atoms with Crippen LogP contribution in [0, 0.1) is 6.92 Å². The lowest BCUT2D eigenvalue weighted by Crippen LogP contribution is -2.56. The molecule has 2 rings (SSSR count). The average Bonchev–Trinajstić information content (AvgIpc) is 2.12. The van der Waals surface area contributed by atoms with E-state index >= 15 is 0 Å². The Balaban J connectivity index is 2.21. The van der Waals surface area contributed by atoms with Gasteiger partial charge in [-0.25, -0.2) is 9.97 Å². The number of nitrogens with two attached hydrogens (primary N) is 1. The van der Waals surface area contributed by atoms with Crippen LogP contribution < -0.4 is 10.6 Å². The molecule has 2 heterocycles. The summed E-state index contributed by atoms with van der Waals surface area (Å²) < 4.78 is 0. The molecule has 0 aliphatic carbocycles. The second kappa shape index (κ2) is 3.53. The quantitative estimate of drug-likeness (QED) is 0.741. The largest absolute Gasteiger partial charge is 0.353 e. The molecule has 1 saturated heterocycles. The van der Waals surface area contributed by atoms with E-state index in [-0.39, 0.29) is 0 Å². The van der Waals surface area contributed by atoms with Crippen LogP contribution in [0.5, 0.6) is 0 Å². The highest BCUT2D eigenvalue weighted by Crippen LogP contribution is 2.18. The van der Waals surface area contributed by atoms with E-state index < -0.39 is 0 Å². The Morgan fingerprint density at radius 2 is 2.21 bits per heavy atom. The van der Waals surface area contributed by atoms with E-state index in [1.165, 1.54) is 0 Å². The van der Waals surface area contributed by atoms with Crippen LogP contribution in [0.2, 0.25) is 0 Å². The first-order chi connectivity index (χ1) is 6.69. The van der Waals surface area contributed by atoms with Crippen LogP contribution >= 0.6 is 0 Å². The fourth-order valence-corrected chi connectivity index (χ4v) is 1.66. The Kier molecular flexibility index (Phi) is 2.37. The molecule has 2 N–H and O–H groups in total. The Morgan fingerprint density at radius 3 is 2.79 bits per heavy atom. The van der Waals surface area contributed by atoms with E-state index in [0.29, 0.717) is 6.04 Å². The third kappa shape index (κ3) is 1.70. The fourth-order valence-electron chi connectivity index (χ4n) is 1.66. The molecule has 1 aromatic rings. The van der Waals surface area contributed by atoms with E-state index in [1.807, 2.05) is 6.92 Å². The summed E-state index contributed by atoms with van der Waals surface area (Å²) in [6.07, 6.45) is 0.955. The molecule has 14 heavy (non-hydrogen) atoms. The van der Waals surface area contributed by atoms with E-state index in [2.05, 4.69) is 27.9 Å². The number of anilines is 1. The Bertz CT molecular complexity index is 331. The van der Waals surface area contributed by atoms with Gasteiger partial charge in [0.1, 0.15) is 11.6 Å². The van der Waals surface area contributed by atoms with Crippen LogP contribution in [0.15, 0.2) is 6.07 Å². The van der Waals surface area contributed by atoms with Crippen molar-refractivity contribution in [2.75, 3.05) is 18.0 Å². The lowest BCUT2D eigenvalue weighted by Gasteiger charge is -2.37. The molecular formula is C10H16N4. The molecule has 0 radical (unpaired) electrons. The summed E-state index contributed by atoms with van der Waals surface area (Å²) in [5.74, 6) is 1.87. The fraction of sp³-hybridized carbons (Fsp3) is 0.600. The summed E-state index contributed by atoms with van der Waals surface area (Å²) in [6, 6.07) is 2.37. The van der Waals surface area contributed by atoms with Gasteiger partial charge in [0, 0.05) is 30.9 Å². The highest BCUT2D eigenvalue weighted by atomic mass is 15.3. The van der Waals surface area contributed by atoms with E-state index in [1.54, 1.807) is 0 Å². The second-order valence-electron chi connectivity index (χ2n) is 3.78. The van der Waals surface area contributed by atoms with Gasteiger partial charge < -0.3 is 10.6 Å². The van der Waals surface area contributed by atoms with E-state index in [9.17, 15) is 0 Å². The van der Waals surface area contributed by atoms with Gasteiger partial charge in [-0.2, -0.15) is 0 Å². The van der Waals surface area contributed by atoms with Crippen molar-refractivity contribution in [1.82, 2.24) is 9.97 Å². The maximum absolute atomic E-state index is 5.73. The lowest BCUT2D eigenvalue weighted by atomic mass is 10.1. The Hall–Kier alpha value is -1.16. The topological polar surface area (TPSA) is 55.0 Å². The first kappa shape index (κ1) is 9.40. The molecule has 4 heteroatoms. The molecule has 76 valence electrons. The molecule has 1 aliphatic heterocycles. The molecule has 0 saturated carbocycles. The molecule has 0 spiro atoms. The molecule has 1 aromatic heterocycles. The van der Waals surface area contributed by atoms with Crippen molar-refractivity contribution in [2.45, 2.75) is 26.3 Å². The minimum atomic E-state index is 0.315. The van der Waals surface area contributed by atoms with Gasteiger partial charge in [0.15, 0.2) is 0 Å². The predicted octanol–water partition coefficient (Wildman–Crippen LogP) is 0.495. The van der Waals surface area contributed by atoms with Crippen molar-refractivity contribution in [3.05, 3.63) is 17.6 Å². The third-order valence-electron chi connectivity index (χ3n) is 2.47. The first-order valence-corrected chi connectivity index (χ1v) is 5.04. The number of hydrogen-bond donors (Lipinski definition) is 1.